The maximum absolute atomic E-state index is 12.6. The Morgan fingerprint density at radius 2 is 2.00 bits per heavy atom. The molecule has 2 heterocycles. The van der Waals surface area contributed by atoms with Crippen LogP contribution < -0.4 is 10.1 Å². The van der Waals surface area contributed by atoms with Gasteiger partial charge in [0.1, 0.15) is 5.75 Å². The van der Waals surface area contributed by atoms with Crippen molar-refractivity contribution in [3.05, 3.63) is 41.7 Å². The third kappa shape index (κ3) is 4.29. The van der Waals surface area contributed by atoms with Crippen LogP contribution in [0, 0.1) is 0 Å². The summed E-state index contributed by atoms with van der Waals surface area (Å²) in [6.45, 7) is 3.75. The Bertz CT molecular complexity index is 577. The Morgan fingerprint density at radius 3 is 2.62 bits per heavy atom. The lowest BCUT2D eigenvalue weighted by atomic mass is 10.0. The van der Waals surface area contributed by atoms with Crippen LogP contribution in [0.25, 0.3) is 0 Å². The third-order valence-corrected chi connectivity index (χ3v) is 4.69. The summed E-state index contributed by atoms with van der Waals surface area (Å²) in [4.78, 5) is 15.0. The molecule has 1 unspecified atom stereocenters. The molecule has 0 aliphatic carbocycles. The van der Waals surface area contributed by atoms with Gasteiger partial charge in [0.2, 0.25) is 0 Å². The second kappa shape index (κ2) is 8.20. The van der Waals surface area contributed by atoms with Crippen LogP contribution in [0.3, 0.4) is 0 Å². The highest BCUT2D eigenvalue weighted by atomic mass is 16.5. The van der Waals surface area contributed by atoms with Crippen molar-refractivity contribution >= 4 is 5.91 Å². The highest BCUT2D eigenvalue weighted by Gasteiger charge is 2.23. The van der Waals surface area contributed by atoms with Gasteiger partial charge in [-0.1, -0.05) is 12.1 Å². The number of carbonyl (C=O) groups is 1. The van der Waals surface area contributed by atoms with Gasteiger partial charge in [-0.15, -0.1) is 0 Å². The Labute approximate surface area is 143 Å². The molecule has 0 bridgehead atoms. The minimum absolute atomic E-state index is 0.0188. The zero-order valence-corrected chi connectivity index (χ0v) is 14.3. The number of likely N-dealkylation sites (tertiary alicyclic amines) is 1. The van der Waals surface area contributed by atoms with Crippen LogP contribution in [0.1, 0.15) is 37.3 Å². The normalized spacial score (nSPS) is 19.3. The summed E-state index contributed by atoms with van der Waals surface area (Å²) in [5.41, 5.74) is 1.84. The minimum Gasteiger partial charge on any atom is -0.501 e. The molecule has 1 fully saturated rings. The number of nitrogens with one attached hydrogen (secondary N) is 1. The van der Waals surface area contributed by atoms with Crippen molar-refractivity contribution in [1.29, 1.82) is 0 Å². The molecule has 0 radical (unpaired) electrons. The van der Waals surface area contributed by atoms with Crippen molar-refractivity contribution < 1.29 is 14.3 Å². The Kier molecular flexibility index (Phi) is 5.75. The van der Waals surface area contributed by atoms with E-state index in [9.17, 15) is 4.79 Å². The van der Waals surface area contributed by atoms with E-state index in [0.717, 1.165) is 49.4 Å². The van der Waals surface area contributed by atoms with Gasteiger partial charge in [0.05, 0.1) is 31.6 Å². The lowest BCUT2D eigenvalue weighted by molar-refractivity contribution is -0.118. The summed E-state index contributed by atoms with van der Waals surface area (Å²) < 4.78 is 10.5. The molecule has 2 aliphatic rings. The van der Waals surface area contributed by atoms with E-state index < -0.39 is 0 Å². The van der Waals surface area contributed by atoms with E-state index in [4.69, 9.17) is 9.47 Å². The smallest absolute Gasteiger partial charge is 0.250 e. The summed E-state index contributed by atoms with van der Waals surface area (Å²) in [5, 5.41) is 3.20. The molecule has 5 heteroatoms. The number of benzene rings is 1. The number of methoxy groups -OCH3 is 1. The molecule has 5 nitrogen and oxygen atoms in total. The molecule has 1 amide bonds. The number of nitrogens with zero attached hydrogens (tertiary/aromatic N) is 1. The number of rotatable bonds is 6. The fourth-order valence-corrected chi connectivity index (χ4v) is 3.28. The highest BCUT2D eigenvalue weighted by molar-refractivity contribution is 5.93. The van der Waals surface area contributed by atoms with Crippen molar-refractivity contribution in [3.63, 3.8) is 0 Å². The second-order valence-electron chi connectivity index (χ2n) is 6.42. The van der Waals surface area contributed by atoms with Crippen LogP contribution in [0.2, 0.25) is 0 Å². The van der Waals surface area contributed by atoms with Crippen molar-refractivity contribution in [1.82, 2.24) is 10.2 Å². The van der Waals surface area contributed by atoms with Crippen LogP contribution in [-0.2, 0) is 9.53 Å². The molecule has 1 aromatic rings. The average Bonchev–Trinajstić information content (AvgIpc) is 3.15. The molecule has 2 aliphatic heterocycles. The van der Waals surface area contributed by atoms with Gasteiger partial charge in [0.15, 0.2) is 0 Å². The predicted octanol–water partition coefficient (Wildman–Crippen LogP) is 2.64. The first-order valence-electron chi connectivity index (χ1n) is 8.74. The van der Waals surface area contributed by atoms with Gasteiger partial charge in [-0.05, 0) is 56.5 Å². The fourth-order valence-electron chi connectivity index (χ4n) is 3.28. The quantitative estimate of drug-likeness (QED) is 0.871. The van der Waals surface area contributed by atoms with Crippen molar-refractivity contribution in [2.75, 3.05) is 33.4 Å². The standard InChI is InChI=1S/C19H26N2O3/c1-23-17-8-6-15(7-9-17)18(13-21-10-2-3-11-21)20-19(22)16-5-4-12-24-14-16/h6-9,14,18H,2-5,10-13H2,1H3,(H,20,22). The molecule has 1 atom stereocenters. The average molecular weight is 330 g/mol. The fraction of sp³-hybridized carbons (Fsp3) is 0.526. The van der Waals surface area contributed by atoms with E-state index in [1.807, 2.05) is 24.3 Å². The molecule has 3 rings (SSSR count). The predicted molar refractivity (Wildman–Crippen MR) is 92.8 cm³/mol. The minimum atomic E-state index is -0.0238. The zero-order valence-electron chi connectivity index (χ0n) is 14.3. The summed E-state index contributed by atoms with van der Waals surface area (Å²) in [6, 6.07) is 7.93. The lowest BCUT2D eigenvalue weighted by Gasteiger charge is -2.26. The van der Waals surface area contributed by atoms with Crippen LogP contribution in [0.15, 0.2) is 36.1 Å². The Balaban J connectivity index is 1.72. The highest BCUT2D eigenvalue weighted by Crippen LogP contribution is 2.22. The van der Waals surface area contributed by atoms with E-state index in [1.165, 1.54) is 12.8 Å². The van der Waals surface area contributed by atoms with Gasteiger partial charge in [-0.2, -0.15) is 0 Å². The van der Waals surface area contributed by atoms with Crippen LogP contribution in [0.5, 0.6) is 5.75 Å². The van der Waals surface area contributed by atoms with Gasteiger partial charge < -0.3 is 19.7 Å². The summed E-state index contributed by atoms with van der Waals surface area (Å²) in [7, 11) is 1.66. The molecular formula is C19H26N2O3. The molecule has 0 aromatic heterocycles. The van der Waals surface area contributed by atoms with Crippen LogP contribution in [-0.4, -0.2) is 44.2 Å². The molecule has 130 valence electrons. The first-order valence-corrected chi connectivity index (χ1v) is 8.74. The first kappa shape index (κ1) is 16.8. The van der Waals surface area contributed by atoms with Gasteiger partial charge in [-0.3, -0.25) is 4.79 Å². The van der Waals surface area contributed by atoms with E-state index in [0.29, 0.717) is 6.61 Å². The number of hydrogen-bond donors (Lipinski definition) is 1. The van der Waals surface area contributed by atoms with Gasteiger partial charge in [-0.25, -0.2) is 0 Å². The third-order valence-electron chi connectivity index (χ3n) is 4.69. The topological polar surface area (TPSA) is 50.8 Å². The second-order valence-corrected chi connectivity index (χ2v) is 6.42. The van der Waals surface area contributed by atoms with Gasteiger partial charge in [0, 0.05) is 6.54 Å². The van der Waals surface area contributed by atoms with E-state index in [1.54, 1.807) is 13.4 Å². The number of hydrogen-bond acceptors (Lipinski definition) is 4. The van der Waals surface area contributed by atoms with Crippen molar-refractivity contribution in [3.8, 4) is 5.75 Å². The molecule has 24 heavy (non-hydrogen) atoms. The van der Waals surface area contributed by atoms with Gasteiger partial charge >= 0.3 is 0 Å². The molecule has 1 aromatic carbocycles. The van der Waals surface area contributed by atoms with Crippen molar-refractivity contribution in [2.45, 2.75) is 31.7 Å². The van der Waals surface area contributed by atoms with Crippen molar-refractivity contribution in [2.24, 2.45) is 0 Å². The van der Waals surface area contributed by atoms with Crippen LogP contribution >= 0.6 is 0 Å². The molecule has 1 saturated heterocycles. The van der Waals surface area contributed by atoms with Gasteiger partial charge in [0.25, 0.3) is 5.91 Å². The first-order chi connectivity index (χ1) is 11.8. The maximum atomic E-state index is 12.6. The molecular weight excluding hydrogens is 304 g/mol. The van der Waals surface area contributed by atoms with E-state index in [-0.39, 0.29) is 11.9 Å². The summed E-state index contributed by atoms with van der Waals surface area (Å²) in [5.74, 6) is 0.808. The van der Waals surface area contributed by atoms with E-state index >= 15 is 0 Å². The summed E-state index contributed by atoms with van der Waals surface area (Å²) in [6.07, 6.45) is 5.77. The summed E-state index contributed by atoms with van der Waals surface area (Å²) >= 11 is 0. The molecule has 1 N–H and O–H groups in total. The molecule has 0 saturated carbocycles. The van der Waals surface area contributed by atoms with Crippen LogP contribution in [0.4, 0.5) is 0 Å². The SMILES string of the molecule is COc1ccc(C(CN2CCCC2)NC(=O)C2=COCCC2)cc1. The Morgan fingerprint density at radius 1 is 1.25 bits per heavy atom. The monoisotopic (exact) mass is 330 g/mol. The van der Waals surface area contributed by atoms with E-state index in [2.05, 4.69) is 10.2 Å². The molecule has 0 spiro atoms. The number of ether oxygens (including phenoxy) is 2. The maximum Gasteiger partial charge on any atom is 0.250 e. The zero-order chi connectivity index (χ0) is 16.8. The number of carbonyl (C=O) groups excluding carboxylic acids is 1. The Hall–Kier alpha value is -2.01. The lowest BCUT2D eigenvalue weighted by Crippen LogP contribution is -2.38. The largest absolute Gasteiger partial charge is 0.501 e. The number of amides is 1.